The predicted molar refractivity (Wildman–Crippen MR) is 84.0 cm³/mol. The molecule has 0 radical (unpaired) electrons. The normalized spacial score (nSPS) is 16.8. The molecule has 1 aromatic rings. The van der Waals surface area contributed by atoms with E-state index in [-0.39, 0.29) is 17.9 Å². The molecule has 1 amide bonds. The Bertz CT molecular complexity index is 518. The molecule has 0 spiro atoms. The Morgan fingerprint density at radius 1 is 1.18 bits per heavy atom. The van der Waals surface area contributed by atoms with Gasteiger partial charge in [0.05, 0.1) is 0 Å². The Hall–Kier alpha value is -2.04. The molecule has 0 saturated heterocycles. The number of benzene rings is 1. The van der Waals surface area contributed by atoms with E-state index in [2.05, 4.69) is 12.2 Å². The van der Waals surface area contributed by atoms with E-state index in [0.717, 1.165) is 32.1 Å². The Morgan fingerprint density at radius 2 is 1.82 bits per heavy atom. The maximum atomic E-state index is 12.6. The smallest absolute Gasteiger partial charge is 0.341 e. The van der Waals surface area contributed by atoms with E-state index >= 15 is 0 Å². The largest absolute Gasteiger partial charge is 0.482 e. The molecule has 0 aromatic heterocycles. The van der Waals surface area contributed by atoms with Gasteiger partial charge in [0.2, 0.25) is 5.91 Å². The summed E-state index contributed by atoms with van der Waals surface area (Å²) in [6.07, 6.45) is 6.21. The Kier molecular flexibility index (Phi) is 5.41. The lowest BCUT2D eigenvalue weighted by Gasteiger charge is -2.34. The summed E-state index contributed by atoms with van der Waals surface area (Å²) >= 11 is 0. The summed E-state index contributed by atoms with van der Waals surface area (Å²) in [6, 6.07) is 6.80. The van der Waals surface area contributed by atoms with Crippen LogP contribution in [0.3, 0.4) is 0 Å². The summed E-state index contributed by atoms with van der Waals surface area (Å²) in [7, 11) is 0. The van der Waals surface area contributed by atoms with Crippen molar-refractivity contribution >= 4 is 17.6 Å². The number of carbonyl (C=O) groups excluding carboxylic acids is 1. The second-order valence-electron chi connectivity index (χ2n) is 5.86. The van der Waals surface area contributed by atoms with E-state index in [0.29, 0.717) is 11.4 Å². The van der Waals surface area contributed by atoms with Gasteiger partial charge < -0.3 is 15.2 Å². The molecule has 5 heteroatoms. The molecule has 120 valence electrons. The second-order valence-corrected chi connectivity index (χ2v) is 5.86. The van der Waals surface area contributed by atoms with Crippen LogP contribution >= 0.6 is 0 Å². The lowest BCUT2D eigenvalue weighted by Crippen LogP contribution is -2.37. The van der Waals surface area contributed by atoms with Crippen LogP contribution in [0.25, 0.3) is 0 Å². The molecule has 1 fully saturated rings. The molecule has 1 saturated carbocycles. The van der Waals surface area contributed by atoms with Crippen molar-refractivity contribution in [1.82, 2.24) is 0 Å². The number of carboxylic acid groups (broad SMARTS) is 1. The van der Waals surface area contributed by atoms with Gasteiger partial charge >= 0.3 is 5.97 Å². The number of rotatable bonds is 6. The standard InChI is InChI=1S/C17H23NO4/c1-2-17(10-4-3-5-11-17)16(21)18-13-6-8-14(9-7-13)22-12-15(19)20/h6-9H,2-5,10-12H2,1H3,(H,18,21)(H,19,20). The summed E-state index contributed by atoms with van der Waals surface area (Å²) < 4.78 is 5.07. The van der Waals surface area contributed by atoms with Crippen molar-refractivity contribution in [2.24, 2.45) is 5.41 Å². The summed E-state index contributed by atoms with van der Waals surface area (Å²) in [4.78, 5) is 23.0. The van der Waals surface area contributed by atoms with Gasteiger partial charge in [0.1, 0.15) is 5.75 Å². The lowest BCUT2D eigenvalue weighted by atomic mass is 9.71. The molecular weight excluding hydrogens is 282 g/mol. The summed E-state index contributed by atoms with van der Waals surface area (Å²) in [5.41, 5.74) is 0.475. The minimum Gasteiger partial charge on any atom is -0.482 e. The molecular formula is C17H23NO4. The fraction of sp³-hybridized carbons (Fsp3) is 0.529. The monoisotopic (exact) mass is 305 g/mol. The third-order valence-corrected chi connectivity index (χ3v) is 4.44. The van der Waals surface area contributed by atoms with Crippen LogP contribution in [-0.4, -0.2) is 23.6 Å². The molecule has 2 rings (SSSR count). The Labute approximate surface area is 130 Å². The average molecular weight is 305 g/mol. The van der Waals surface area contributed by atoms with Gasteiger partial charge in [-0.2, -0.15) is 0 Å². The molecule has 0 heterocycles. The summed E-state index contributed by atoms with van der Waals surface area (Å²) in [5.74, 6) is -0.447. The number of anilines is 1. The molecule has 5 nitrogen and oxygen atoms in total. The number of aliphatic carboxylic acids is 1. The first-order valence-corrected chi connectivity index (χ1v) is 7.82. The zero-order valence-electron chi connectivity index (χ0n) is 12.9. The first-order valence-electron chi connectivity index (χ1n) is 7.82. The van der Waals surface area contributed by atoms with Crippen molar-refractivity contribution in [3.8, 4) is 5.75 Å². The van der Waals surface area contributed by atoms with Crippen LogP contribution in [0.2, 0.25) is 0 Å². The zero-order valence-corrected chi connectivity index (χ0v) is 12.9. The van der Waals surface area contributed by atoms with Gasteiger partial charge in [-0.25, -0.2) is 4.79 Å². The summed E-state index contributed by atoms with van der Waals surface area (Å²) in [5, 5.41) is 11.6. The van der Waals surface area contributed by atoms with E-state index in [1.165, 1.54) is 6.42 Å². The molecule has 0 aliphatic heterocycles. The topological polar surface area (TPSA) is 75.6 Å². The first kappa shape index (κ1) is 16.3. The molecule has 0 unspecified atom stereocenters. The number of carbonyl (C=O) groups is 2. The SMILES string of the molecule is CCC1(C(=O)Nc2ccc(OCC(=O)O)cc2)CCCCC1. The highest BCUT2D eigenvalue weighted by Crippen LogP contribution is 2.40. The van der Waals surface area contributed by atoms with Crippen molar-refractivity contribution < 1.29 is 19.4 Å². The second kappa shape index (κ2) is 7.29. The van der Waals surface area contributed by atoms with Crippen LogP contribution in [0, 0.1) is 5.41 Å². The highest BCUT2D eigenvalue weighted by Gasteiger charge is 2.37. The van der Waals surface area contributed by atoms with Crippen LogP contribution < -0.4 is 10.1 Å². The highest BCUT2D eigenvalue weighted by atomic mass is 16.5. The van der Waals surface area contributed by atoms with E-state index in [4.69, 9.17) is 9.84 Å². The van der Waals surface area contributed by atoms with E-state index in [9.17, 15) is 9.59 Å². The Morgan fingerprint density at radius 3 is 2.36 bits per heavy atom. The van der Waals surface area contributed by atoms with E-state index in [1.54, 1.807) is 24.3 Å². The number of hydrogen-bond donors (Lipinski definition) is 2. The minimum atomic E-state index is -1.01. The quantitative estimate of drug-likeness (QED) is 0.844. The van der Waals surface area contributed by atoms with Crippen molar-refractivity contribution in [3.63, 3.8) is 0 Å². The van der Waals surface area contributed by atoms with Gasteiger partial charge in [-0.3, -0.25) is 4.79 Å². The minimum absolute atomic E-state index is 0.0916. The van der Waals surface area contributed by atoms with Crippen molar-refractivity contribution in [2.75, 3.05) is 11.9 Å². The molecule has 0 atom stereocenters. The molecule has 22 heavy (non-hydrogen) atoms. The van der Waals surface area contributed by atoms with Crippen LogP contribution in [0.5, 0.6) is 5.75 Å². The van der Waals surface area contributed by atoms with Crippen LogP contribution in [0.1, 0.15) is 45.4 Å². The maximum Gasteiger partial charge on any atom is 0.341 e. The van der Waals surface area contributed by atoms with Gasteiger partial charge in [-0.1, -0.05) is 26.2 Å². The third-order valence-electron chi connectivity index (χ3n) is 4.44. The van der Waals surface area contributed by atoms with E-state index < -0.39 is 5.97 Å². The zero-order chi connectivity index (χ0) is 16.0. The highest BCUT2D eigenvalue weighted by molar-refractivity contribution is 5.95. The van der Waals surface area contributed by atoms with Gasteiger partial charge in [0.25, 0.3) is 0 Å². The molecule has 1 aromatic carbocycles. The van der Waals surface area contributed by atoms with Gasteiger partial charge in [-0.15, -0.1) is 0 Å². The van der Waals surface area contributed by atoms with Crippen LogP contribution in [-0.2, 0) is 9.59 Å². The number of carboxylic acids is 1. The van der Waals surface area contributed by atoms with Crippen LogP contribution in [0.15, 0.2) is 24.3 Å². The molecule has 2 N–H and O–H groups in total. The number of nitrogens with one attached hydrogen (secondary N) is 1. The first-order chi connectivity index (χ1) is 10.6. The van der Waals surface area contributed by atoms with Crippen LogP contribution in [0.4, 0.5) is 5.69 Å². The third kappa shape index (κ3) is 4.00. The Balaban J connectivity index is 1.97. The molecule has 0 bridgehead atoms. The van der Waals surface area contributed by atoms with E-state index in [1.807, 2.05) is 0 Å². The number of hydrogen-bond acceptors (Lipinski definition) is 3. The fourth-order valence-electron chi connectivity index (χ4n) is 3.01. The number of amides is 1. The fourth-order valence-corrected chi connectivity index (χ4v) is 3.01. The number of ether oxygens (including phenoxy) is 1. The van der Waals surface area contributed by atoms with Gasteiger partial charge in [-0.05, 0) is 43.5 Å². The average Bonchev–Trinajstić information content (AvgIpc) is 2.54. The lowest BCUT2D eigenvalue weighted by molar-refractivity contribution is -0.139. The predicted octanol–water partition coefficient (Wildman–Crippen LogP) is 3.45. The summed E-state index contributed by atoms with van der Waals surface area (Å²) in [6.45, 7) is 1.71. The van der Waals surface area contributed by atoms with Crippen molar-refractivity contribution in [3.05, 3.63) is 24.3 Å². The van der Waals surface area contributed by atoms with Gasteiger partial charge in [0.15, 0.2) is 6.61 Å². The van der Waals surface area contributed by atoms with Gasteiger partial charge in [0, 0.05) is 11.1 Å². The van der Waals surface area contributed by atoms with Crippen molar-refractivity contribution in [1.29, 1.82) is 0 Å². The molecule has 1 aliphatic rings. The molecule has 1 aliphatic carbocycles. The van der Waals surface area contributed by atoms with Crippen molar-refractivity contribution in [2.45, 2.75) is 45.4 Å². The maximum absolute atomic E-state index is 12.6.